The van der Waals surface area contributed by atoms with Crippen LogP contribution in [0.2, 0.25) is 0 Å². The lowest BCUT2D eigenvalue weighted by Gasteiger charge is -2.11. The molecule has 0 saturated carbocycles. The van der Waals surface area contributed by atoms with E-state index in [2.05, 4.69) is 6.92 Å². The Morgan fingerprint density at radius 1 is 0.686 bits per heavy atom. The molecular weight excluding hydrogens is 459 g/mol. The van der Waals surface area contributed by atoms with Crippen LogP contribution in [-0.4, -0.2) is 6.61 Å². The van der Waals surface area contributed by atoms with E-state index in [0.29, 0.717) is 39.8 Å². The van der Waals surface area contributed by atoms with Crippen LogP contribution >= 0.6 is 0 Å². The Morgan fingerprint density at radius 3 is 2.17 bits per heavy atom. The highest BCUT2D eigenvalue weighted by molar-refractivity contribution is 5.88. The molecule has 0 bridgehead atoms. The van der Waals surface area contributed by atoms with Crippen molar-refractivity contribution in [2.45, 2.75) is 39.0 Å². The Balaban J connectivity index is 1.52. The van der Waals surface area contributed by atoms with Gasteiger partial charge in [0.15, 0.2) is 17.5 Å². The summed E-state index contributed by atoms with van der Waals surface area (Å²) in [6.45, 7) is 2.64. The summed E-state index contributed by atoms with van der Waals surface area (Å²) < 4.78 is 75.5. The van der Waals surface area contributed by atoms with Crippen molar-refractivity contribution in [3.8, 4) is 16.9 Å². The minimum absolute atomic E-state index is 0.146. The van der Waals surface area contributed by atoms with E-state index in [1.54, 1.807) is 42.5 Å². The lowest BCUT2D eigenvalue weighted by Crippen LogP contribution is -1.99. The van der Waals surface area contributed by atoms with Gasteiger partial charge in [-0.2, -0.15) is 0 Å². The van der Waals surface area contributed by atoms with Crippen molar-refractivity contribution in [2.24, 2.45) is 0 Å². The molecule has 0 N–H and O–H groups in total. The van der Waals surface area contributed by atoms with Gasteiger partial charge in [-0.25, -0.2) is 22.0 Å². The summed E-state index contributed by atoms with van der Waals surface area (Å²) in [5.41, 5.74) is 1.60. The van der Waals surface area contributed by atoms with Crippen molar-refractivity contribution in [1.29, 1.82) is 0 Å². The van der Waals surface area contributed by atoms with Crippen LogP contribution in [0.5, 0.6) is 5.75 Å². The van der Waals surface area contributed by atoms with Gasteiger partial charge >= 0.3 is 0 Å². The summed E-state index contributed by atoms with van der Waals surface area (Å²) in [6, 6.07) is 14.8. The van der Waals surface area contributed by atoms with Gasteiger partial charge < -0.3 is 4.74 Å². The van der Waals surface area contributed by atoms with E-state index in [1.165, 1.54) is 6.07 Å². The van der Waals surface area contributed by atoms with E-state index in [0.717, 1.165) is 31.4 Å². The van der Waals surface area contributed by atoms with E-state index >= 15 is 4.39 Å². The van der Waals surface area contributed by atoms with Crippen molar-refractivity contribution in [1.82, 2.24) is 0 Å². The molecule has 0 unspecified atom stereocenters. The third-order valence-corrected chi connectivity index (χ3v) is 6.03. The van der Waals surface area contributed by atoms with Crippen molar-refractivity contribution >= 4 is 10.8 Å². The van der Waals surface area contributed by atoms with Gasteiger partial charge in [0, 0.05) is 17.0 Å². The first-order valence-electron chi connectivity index (χ1n) is 11.6. The SMILES string of the molecule is CCCCCOc1ccc(-c2ccc3c(F)c(CCc4cc(F)c(F)c(F)c4)ccc3c2)c(F)c1. The highest BCUT2D eigenvalue weighted by Gasteiger charge is 2.14. The number of ether oxygens (including phenoxy) is 1. The molecule has 6 heteroatoms. The van der Waals surface area contributed by atoms with Crippen molar-refractivity contribution in [3.63, 3.8) is 0 Å². The highest BCUT2D eigenvalue weighted by atomic mass is 19.2. The minimum atomic E-state index is -1.52. The Hall–Kier alpha value is -3.41. The maximum absolute atomic E-state index is 15.1. The molecule has 35 heavy (non-hydrogen) atoms. The van der Waals surface area contributed by atoms with Crippen molar-refractivity contribution < 1.29 is 26.7 Å². The Morgan fingerprint density at radius 2 is 1.46 bits per heavy atom. The number of benzene rings is 4. The minimum Gasteiger partial charge on any atom is -0.493 e. The van der Waals surface area contributed by atoms with Gasteiger partial charge in [-0.15, -0.1) is 0 Å². The van der Waals surface area contributed by atoms with Crippen molar-refractivity contribution in [3.05, 3.63) is 101 Å². The Bertz CT molecular complexity index is 1330. The first-order chi connectivity index (χ1) is 16.9. The molecule has 0 aliphatic carbocycles. The van der Waals surface area contributed by atoms with Crippen LogP contribution < -0.4 is 4.74 Å². The fraction of sp³-hybridized carbons (Fsp3) is 0.241. The summed E-state index contributed by atoms with van der Waals surface area (Å²) in [7, 11) is 0. The topological polar surface area (TPSA) is 9.23 Å². The number of hydrogen-bond donors (Lipinski definition) is 0. The summed E-state index contributed by atoms with van der Waals surface area (Å²) in [5.74, 6) is -4.46. The second kappa shape index (κ2) is 10.9. The first kappa shape index (κ1) is 24.7. The number of hydrogen-bond acceptors (Lipinski definition) is 1. The van der Waals surface area contributed by atoms with Gasteiger partial charge in [-0.3, -0.25) is 0 Å². The lowest BCUT2D eigenvalue weighted by atomic mass is 9.97. The average Bonchev–Trinajstić information content (AvgIpc) is 2.84. The predicted octanol–water partition coefficient (Wildman–Crippen LogP) is 8.56. The first-order valence-corrected chi connectivity index (χ1v) is 11.6. The molecule has 0 spiro atoms. The quantitative estimate of drug-likeness (QED) is 0.131. The molecule has 4 aromatic carbocycles. The molecule has 0 heterocycles. The zero-order valence-electron chi connectivity index (χ0n) is 19.3. The molecule has 4 rings (SSSR count). The third kappa shape index (κ3) is 5.64. The zero-order chi connectivity index (χ0) is 24.9. The summed E-state index contributed by atoms with van der Waals surface area (Å²) in [5, 5.41) is 0.959. The Kier molecular flexibility index (Phi) is 7.69. The average molecular weight is 485 g/mol. The smallest absolute Gasteiger partial charge is 0.194 e. The van der Waals surface area contributed by atoms with Gasteiger partial charge in [0.05, 0.1) is 6.61 Å². The lowest BCUT2D eigenvalue weighted by molar-refractivity contribution is 0.305. The standard InChI is InChI=1S/C29H25F5O/c1-2-3-4-13-35-22-10-12-23(25(30)17-22)20-9-11-24-21(16-20)8-7-19(28(24)33)6-5-18-14-26(31)29(34)27(32)15-18/h7-12,14-17H,2-6,13H2,1H3. The van der Waals surface area contributed by atoms with Crippen LogP contribution in [0.4, 0.5) is 22.0 Å². The molecule has 182 valence electrons. The predicted molar refractivity (Wildman–Crippen MR) is 128 cm³/mol. The summed E-state index contributed by atoms with van der Waals surface area (Å²) >= 11 is 0. The second-order valence-electron chi connectivity index (χ2n) is 8.55. The molecule has 0 fully saturated rings. The number of halogens is 5. The number of aryl methyl sites for hydroxylation is 2. The molecule has 0 aromatic heterocycles. The molecule has 0 atom stereocenters. The fourth-order valence-corrected chi connectivity index (χ4v) is 4.09. The Labute approximate surface area is 201 Å². The molecule has 4 aromatic rings. The molecule has 0 aliphatic rings. The number of unbranched alkanes of at least 4 members (excludes halogenated alkanes) is 2. The molecule has 0 aliphatic heterocycles. The van der Waals surface area contributed by atoms with Gasteiger partial charge in [0.1, 0.15) is 17.4 Å². The number of rotatable bonds is 9. The van der Waals surface area contributed by atoms with Crippen molar-refractivity contribution in [2.75, 3.05) is 6.61 Å². The van der Waals surface area contributed by atoms with E-state index in [1.807, 2.05) is 0 Å². The maximum Gasteiger partial charge on any atom is 0.194 e. The molecule has 0 radical (unpaired) electrons. The van der Waals surface area contributed by atoms with E-state index in [-0.39, 0.29) is 18.4 Å². The van der Waals surface area contributed by atoms with E-state index in [9.17, 15) is 17.6 Å². The van der Waals surface area contributed by atoms with Crippen LogP contribution in [-0.2, 0) is 12.8 Å². The highest BCUT2D eigenvalue weighted by Crippen LogP contribution is 2.31. The molecule has 1 nitrogen and oxygen atoms in total. The van der Waals surface area contributed by atoms with Gasteiger partial charge in [-0.1, -0.05) is 44.0 Å². The monoisotopic (exact) mass is 484 g/mol. The normalized spacial score (nSPS) is 11.3. The van der Waals surface area contributed by atoms with Crippen LogP contribution in [0.25, 0.3) is 21.9 Å². The summed E-state index contributed by atoms with van der Waals surface area (Å²) in [4.78, 5) is 0. The maximum atomic E-state index is 15.1. The molecular formula is C29H25F5O. The van der Waals surface area contributed by atoms with Gasteiger partial charge in [-0.05, 0) is 71.7 Å². The van der Waals surface area contributed by atoms with Gasteiger partial charge in [0.2, 0.25) is 0 Å². The molecule has 0 amide bonds. The second-order valence-corrected chi connectivity index (χ2v) is 8.55. The van der Waals surface area contributed by atoms with Crippen LogP contribution in [0.1, 0.15) is 37.3 Å². The largest absolute Gasteiger partial charge is 0.493 e. The number of fused-ring (bicyclic) bond motifs is 1. The fourth-order valence-electron chi connectivity index (χ4n) is 4.09. The van der Waals surface area contributed by atoms with E-state index < -0.39 is 29.1 Å². The van der Waals surface area contributed by atoms with Crippen LogP contribution in [0, 0.1) is 29.1 Å². The van der Waals surface area contributed by atoms with Crippen LogP contribution in [0.15, 0.2) is 60.7 Å². The van der Waals surface area contributed by atoms with Gasteiger partial charge in [0.25, 0.3) is 0 Å². The zero-order valence-corrected chi connectivity index (χ0v) is 19.3. The third-order valence-electron chi connectivity index (χ3n) is 6.03. The van der Waals surface area contributed by atoms with Crippen LogP contribution in [0.3, 0.4) is 0 Å². The van der Waals surface area contributed by atoms with E-state index in [4.69, 9.17) is 4.74 Å². The summed E-state index contributed by atoms with van der Waals surface area (Å²) in [6.07, 6.45) is 3.37. The molecule has 0 saturated heterocycles.